The highest BCUT2D eigenvalue weighted by Crippen LogP contribution is 2.40. The first-order chi connectivity index (χ1) is 5.47. The van der Waals surface area contributed by atoms with Gasteiger partial charge in [0.05, 0.1) is 0 Å². The molecule has 2 atom stereocenters. The van der Waals surface area contributed by atoms with Gasteiger partial charge in [-0.1, -0.05) is 0 Å². The van der Waals surface area contributed by atoms with E-state index in [1.165, 1.54) is 51.6 Å². The summed E-state index contributed by atoms with van der Waals surface area (Å²) in [6.45, 7) is 2.53. The van der Waals surface area contributed by atoms with Gasteiger partial charge in [-0.15, -0.1) is 0 Å². The highest BCUT2D eigenvalue weighted by atomic mass is 14.8. The molecular formula is C10H19N. The second-order valence-electron chi connectivity index (χ2n) is 4.13. The van der Waals surface area contributed by atoms with Crippen molar-refractivity contribution >= 4 is 0 Å². The summed E-state index contributed by atoms with van der Waals surface area (Å²) in [6, 6.07) is 0. The predicted octanol–water partition coefficient (Wildman–Crippen LogP) is 2.18. The molecular weight excluding hydrogens is 134 g/mol. The van der Waals surface area contributed by atoms with E-state index in [9.17, 15) is 0 Å². The van der Waals surface area contributed by atoms with E-state index in [0.29, 0.717) is 0 Å². The van der Waals surface area contributed by atoms with Crippen LogP contribution < -0.4 is 5.32 Å². The Balaban J connectivity index is 1.81. The monoisotopic (exact) mass is 153 g/mol. The lowest BCUT2D eigenvalue weighted by molar-refractivity contribution is 0.152. The Bertz CT molecular complexity index is 108. The zero-order valence-corrected chi connectivity index (χ0v) is 7.31. The molecule has 1 heterocycles. The molecule has 2 fully saturated rings. The van der Waals surface area contributed by atoms with Crippen LogP contribution in [0.2, 0.25) is 0 Å². The fourth-order valence-electron chi connectivity index (χ4n) is 2.50. The van der Waals surface area contributed by atoms with Crippen molar-refractivity contribution in [3.05, 3.63) is 0 Å². The molecule has 1 saturated heterocycles. The molecule has 0 aromatic rings. The van der Waals surface area contributed by atoms with Gasteiger partial charge in [-0.05, 0) is 63.5 Å². The number of hydrogen-bond donors (Lipinski definition) is 1. The molecule has 0 amide bonds. The molecule has 1 N–H and O–H groups in total. The van der Waals surface area contributed by atoms with Gasteiger partial charge in [-0.25, -0.2) is 0 Å². The molecule has 0 bridgehead atoms. The Labute approximate surface area is 69.6 Å². The zero-order chi connectivity index (χ0) is 7.52. The van der Waals surface area contributed by atoms with Crippen LogP contribution in [-0.4, -0.2) is 13.1 Å². The Morgan fingerprint density at radius 2 is 1.27 bits per heavy atom. The minimum atomic E-state index is 1.12. The first-order valence-electron chi connectivity index (χ1n) is 5.17. The molecule has 0 aromatic heterocycles. The highest BCUT2D eigenvalue weighted by Gasteiger charge is 2.29. The molecule has 1 aliphatic carbocycles. The molecule has 1 nitrogen and oxygen atoms in total. The van der Waals surface area contributed by atoms with E-state index in [0.717, 1.165) is 11.8 Å². The fraction of sp³-hybridized carbons (Fsp3) is 1.00. The standard InChI is InChI=1S/C10H19N/c1-3-9-5-6-10(9)4-2-8-11-7-1/h9-11H,1-8H2/t9-,10?/m0/s1. The maximum atomic E-state index is 3.50. The Kier molecular flexibility index (Phi) is 2.47. The van der Waals surface area contributed by atoms with E-state index in [2.05, 4.69) is 5.32 Å². The molecule has 64 valence electrons. The summed E-state index contributed by atoms with van der Waals surface area (Å²) in [5.41, 5.74) is 0. The van der Waals surface area contributed by atoms with E-state index in [1.54, 1.807) is 0 Å². The summed E-state index contributed by atoms with van der Waals surface area (Å²) >= 11 is 0. The first kappa shape index (κ1) is 7.60. The molecule has 2 aliphatic rings. The van der Waals surface area contributed by atoms with Gasteiger partial charge in [-0.2, -0.15) is 0 Å². The SMILES string of the molecule is C1CNCCC[C@H]2CCC2C1. The van der Waals surface area contributed by atoms with Crippen LogP contribution in [0.3, 0.4) is 0 Å². The van der Waals surface area contributed by atoms with Crippen molar-refractivity contribution in [1.82, 2.24) is 5.32 Å². The van der Waals surface area contributed by atoms with Crippen LogP contribution in [0.15, 0.2) is 0 Å². The van der Waals surface area contributed by atoms with Gasteiger partial charge in [0.2, 0.25) is 0 Å². The van der Waals surface area contributed by atoms with Crippen LogP contribution in [0.1, 0.15) is 38.5 Å². The molecule has 11 heavy (non-hydrogen) atoms. The summed E-state index contributed by atoms with van der Waals surface area (Å²) in [5, 5.41) is 3.50. The molecule has 1 heteroatoms. The van der Waals surface area contributed by atoms with Gasteiger partial charge in [-0.3, -0.25) is 0 Å². The summed E-state index contributed by atoms with van der Waals surface area (Å²) in [5.74, 6) is 2.24. The van der Waals surface area contributed by atoms with E-state index >= 15 is 0 Å². The number of fused-ring (bicyclic) bond motifs is 1. The van der Waals surface area contributed by atoms with Crippen molar-refractivity contribution in [2.75, 3.05) is 13.1 Å². The number of hydrogen-bond acceptors (Lipinski definition) is 1. The minimum Gasteiger partial charge on any atom is -0.317 e. The predicted molar refractivity (Wildman–Crippen MR) is 47.6 cm³/mol. The van der Waals surface area contributed by atoms with Crippen molar-refractivity contribution in [2.45, 2.75) is 38.5 Å². The fourth-order valence-corrected chi connectivity index (χ4v) is 2.50. The van der Waals surface area contributed by atoms with Crippen LogP contribution in [0.4, 0.5) is 0 Å². The topological polar surface area (TPSA) is 12.0 Å². The summed E-state index contributed by atoms with van der Waals surface area (Å²) in [7, 11) is 0. The third-order valence-corrected chi connectivity index (χ3v) is 3.43. The van der Waals surface area contributed by atoms with Gasteiger partial charge in [0.1, 0.15) is 0 Å². The Morgan fingerprint density at radius 3 is 1.73 bits per heavy atom. The summed E-state index contributed by atoms with van der Waals surface area (Å²) in [6.07, 6.45) is 8.90. The average Bonchev–Trinajstić information content (AvgIpc) is 2.04. The third kappa shape index (κ3) is 1.76. The van der Waals surface area contributed by atoms with Crippen LogP contribution >= 0.6 is 0 Å². The van der Waals surface area contributed by atoms with E-state index in [-0.39, 0.29) is 0 Å². The molecule has 2 rings (SSSR count). The molecule has 0 radical (unpaired) electrons. The second kappa shape index (κ2) is 3.57. The van der Waals surface area contributed by atoms with Crippen molar-refractivity contribution in [3.63, 3.8) is 0 Å². The largest absolute Gasteiger partial charge is 0.317 e. The maximum Gasteiger partial charge on any atom is -0.00488 e. The van der Waals surface area contributed by atoms with Gasteiger partial charge in [0, 0.05) is 0 Å². The average molecular weight is 153 g/mol. The van der Waals surface area contributed by atoms with Crippen molar-refractivity contribution in [2.24, 2.45) is 11.8 Å². The molecule has 1 aliphatic heterocycles. The second-order valence-corrected chi connectivity index (χ2v) is 4.13. The van der Waals surface area contributed by atoms with E-state index in [4.69, 9.17) is 0 Å². The van der Waals surface area contributed by atoms with Gasteiger partial charge in [0.25, 0.3) is 0 Å². The van der Waals surface area contributed by atoms with Crippen LogP contribution in [0.25, 0.3) is 0 Å². The van der Waals surface area contributed by atoms with Gasteiger partial charge < -0.3 is 5.32 Å². The Morgan fingerprint density at radius 1 is 0.727 bits per heavy atom. The molecule has 0 spiro atoms. The van der Waals surface area contributed by atoms with Crippen molar-refractivity contribution < 1.29 is 0 Å². The van der Waals surface area contributed by atoms with E-state index in [1.807, 2.05) is 0 Å². The summed E-state index contributed by atoms with van der Waals surface area (Å²) < 4.78 is 0. The lowest BCUT2D eigenvalue weighted by Crippen LogP contribution is -2.25. The number of rotatable bonds is 0. The van der Waals surface area contributed by atoms with E-state index < -0.39 is 0 Å². The smallest absolute Gasteiger partial charge is 0.00488 e. The number of nitrogens with one attached hydrogen (secondary N) is 1. The molecule has 1 saturated carbocycles. The highest BCUT2D eigenvalue weighted by molar-refractivity contribution is 4.81. The first-order valence-corrected chi connectivity index (χ1v) is 5.17. The van der Waals surface area contributed by atoms with Gasteiger partial charge >= 0.3 is 0 Å². The lowest BCUT2D eigenvalue weighted by Gasteiger charge is -2.36. The minimum absolute atomic E-state index is 1.12. The molecule has 0 aromatic carbocycles. The normalized spacial score (nSPS) is 39.3. The van der Waals surface area contributed by atoms with Gasteiger partial charge in [0.15, 0.2) is 0 Å². The third-order valence-electron chi connectivity index (χ3n) is 3.43. The van der Waals surface area contributed by atoms with Crippen LogP contribution in [-0.2, 0) is 0 Å². The van der Waals surface area contributed by atoms with Crippen molar-refractivity contribution in [1.29, 1.82) is 0 Å². The quantitative estimate of drug-likeness (QED) is 0.562. The maximum absolute atomic E-state index is 3.50. The Hall–Kier alpha value is -0.0400. The van der Waals surface area contributed by atoms with Crippen LogP contribution in [0, 0.1) is 11.8 Å². The summed E-state index contributed by atoms with van der Waals surface area (Å²) in [4.78, 5) is 0. The molecule has 1 unspecified atom stereocenters. The van der Waals surface area contributed by atoms with Crippen LogP contribution in [0.5, 0.6) is 0 Å². The van der Waals surface area contributed by atoms with Crippen molar-refractivity contribution in [3.8, 4) is 0 Å². The zero-order valence-electron chi connectivity index (χ0n) is 7.31. The lowest BCUT2D eigenvalue weighted by atomic mass is 9.69.